The summed E-state index contributed by atoms with van der Waals surface area (Å²) in [6.07, 6.45) is 3.64. The smallest absolute Gasteiger partial charge is 0.195 e. The van der Waals surface area contributed by atoms with Gasteiger partial charge in [0.2, 0.25) is 0 Å². The van der Waals surface area contributed by atoms with Crippen LogP contribution in [0.1, 0.15) is 34.6 Å². The first-order valence-electron chi connectivity index (χ1n) is 9.39. The van der Waals surface area contributed by atoms with Crippen molar-refractivity contribution < 1.29 is 4.79 Å². The molecule has 0 saturated carbocycles. The largest absolute Gasteiger partial charge is 0.340 e. The summed E-state index contributed by atoms with van der Waals surface area (Å²) >= 11 is 1.81. The predicted molar refractivity (Wildman–Crippen MR) is 116 cm³/mol. The monoisotopic (exact) mass is 386 g/mol. The lowest BCUT2D eigenvalue weighted by Gasteiger charge is -2.17. The SMILES string of the molecule is Cc1c(C(=O)c2ccccc2)c2ccccc2n1C(C)CSc1ccncc1. The number of ketones is 1. The van der Waals surface area contributed by atoms with Crippen LogP contribution in [0.25, 0.3) is 10.9 Å². The van der Waals surface area contributed by atoms with Gasteiger partial charge in [0.25, 0.3) is 0 Å². The molecule has 2 heterocycles. The van der Waals surface area contributed by atoms with E-state index in [-0.39, 0.29) is 11.8 Å². The lowest BCUT2D eigenvalue weighted by atomic mass is 10.0. The summed E-state index contributed by atoms with van der Waals surface area (Å²) < 4.78 is 2.31. The Hall–Kier alpha value is -2.85. The van der Waals surface area contributed by atoms with Crippen LogP contribution in [0.2, 0.25) is 0 Å². The molecule has 1 unspecified atom stereocenters. The average molecular weight is 387 g/mol. The molecule has 28 heavy (non-hydrogen) atoms. The Kier molecular flexibility index (Phi) is 5.31. The maximum atomic E-state index is 13.3. The highest BCUT2D eigenvalue weighted by Gasteiger charge is 2.23. The number of para-hydroxylation sites is 1. The highest BCUT2D eigenvalue weighted by Crippen LogP contribution is 2.33. The van der Waals surface area contributed by atoms with Crippen LogP contribution in [0.15, 0.2) is 84.0 Å². The molecule has 140 valence electrons. The fraction of sp³-hybridized carbons (Fsp3) is 0.167. The first-order chi connectivity index (χ1) is 13.7. The molecule has 0 aliphatic carbocycles. The van der Waals surface area contributed by atoms with Crippen LogP contribution in [-0.4, -0.2) is 21.1 Å². The number of carbonyl (C=O) groups is 1. The molecular weight excluding hydrogens is 364 g/mol. The summed E-state index contributed by atoms with van der Waals surface area (Å²) in [6, 6.07) is 22.0. The van der Waals surface area contributed by atoms with E-state index in [1.54, 1.807) is 0 Å². The Labute approximate surface area is 169 Å². The fourth-order valence-corrected chi connectivity index (χ4v) is 4.60. The molecule has 3 nitrogen and oxygen atoms in total. The van der Waals surface area contributed by atoms with Crippen molar-refractivity contribution >= 4 is 28.4 Å². The first-order valence-corrected chi connectivity index (χ1v) is 10.4. The van der Waals surface area contributed by atoms with E-state index in [1.165, 1.54) is 4.90 Å². The first kappa shape index (κ1) is 18.5. The van der Waals surface area contributed by atoms with Crippen LogP contribution < -0.4 is 0 Å². The van der Waals surface area contributed by atoms with Gasteiger partial charge >= 0.3 is 0 Å². The zero-order valence-corrected chi connectivity index (χ0v) is 16.8. The van der Waals surface area contributed by atoms with Gasteiger partial charge in [-0.25, -0.2) is 0 Å². The van der Waals surface area contributed by atoms with Gasteiger partial charge in [-0.15, -0.1) is 11.8 Å². The molecule has 4 rings (SSSR count). The molecule has 2 aromatic heterocycles. The average Bonchev–Trinajstić information content (AvgIpc) is 3.04. The second-order valence-corrected chi connectivity index (χ2v) is 7.98. The molecule has 1 atom stereocenters. The molecule has 2 aromatic carbocycles. The number of pyridine rings is 1. The summed E-state index contributed by atoms with van der Waals surface area (Å²) in [7, 11) is 0. The Morgan fingerprint density at radius 3 is 2.43 bits per heavy atom. The fourth-order valence-electron chi connectivity index (χ4n) is 3.71. The lowest BCUT2D eigenvalue weighted by Crippen LogP contribution is -2.11. The molecule has 0 aliphatic heterocycles. The van der Waals surface area contributed by atoms with Gasteiger partial charge in [0.15, 0.2) is 5.78 Å². The molecule has 0 saturated heterocycles. The van der Waals surface area contributed by atoms with Gasteiger partial charge in [0.1, 0.15) is 0 Å². The van der Waals surface area contributed by atoms with Gasteiger partial charge in [-0.05, 0) is 32.0 Å². The Morgan fingerprint density at radius 2 is 1.68 bits per heavy atom. The molecule has 0 bridgehead atoms. The zero-order valence-electron chi connectivity index (χ0n) is 16.0. The quantitative estimate of drug-likeness (QED) is 0.304. The molecule has 0 fully saturated rings. The highest BCUT2D eigenvalue weighted by atomic mass is 32.2. The zero-order chi connectivity index (χ0) is 19.5. The van der Waals surface area contributed by atoms with Crippen LogP contribution in [0, 0.1) is 6.92 Å². The van der Waals surface area contributed by atoms with Gasteiger partial charge < -0.3 is 4.57 Å². The molecule has 0 aliphatic rings. The van der Waals surface area contributed by atoms with E-state index < -0.39 is 0 Å². The number of fused-ring (bicyclic) bond motifs is 1. The third-order valence-corrected chi connectivity index (χ3v) is 6.26. The van der Waals surface area contributed by atoms with Crippen molar-refractivity contribution in [2.24, 2.45) is 0 Å². The molecule has 0 radical (unpaired) electrons. The Bertz CT molecular complexity index is 1100. The summed E-state index contributed by atoms with van der Waals surface area (Å²) in [5, 5.41) is 1.02. The summed E-state index contributed by atoms with van der Waals surface area (Å²) in [5.74, 6) is 1.00. The minimum atomic E-state index is 0.0852. The van der Waals surface area contributed by atoms with Gasteiger partial charge in [-0.2, -0.15) is 0 Å². The van der Waals surface area contributed by atoms with Crippen molar-refractivity contribution in [3.8, 4) is 0 Å². The Balaban J connectivity index is 1.73. The van der Waals surface area contributed by atoms with Crippen molar-refractivity contribution in [1.82, 2.24) is 9.55 Å². The number of thioether (sulfide) groups is 1. The van der Waals surface area contributed by atoms with Crippen molar-refractivity contribution in [2.75, 3.05) is 5.75 Å². The number of hydrogen-bond donors (Lipinski definition) is 0. The minimum Gasteiger partial charge on any atom is -0.340 e. The maximum Gasteiger partial charge on any atom is 0.195 e. The summed E-state index contributed by atoms with van der Waals surface area (Å²) in [4.78, 5) is 18.6. The summed E-state index contributed by atoms with van der Waals surface area (Å²) in [5.41, 5.74) is 3.68. The van der Waals surface area contributed by atoms with Crippen molar-refractivity contribution in [3.05, 3.63) is 95.9 Å². The molecule has 4 heteroatoms. The number of benzene rings is 2. The lowest BCUT2D eigenvalue weighted by molar-refractivity contribution is 0.103. The van der Waals surface area contributed by atoms with Crippen LogP contribution in [0.4, 0.5) is 0 Å². The van der Waals surface area contributed by atoms with E-state index in [9.17, 15) is 4.79 Å². The van der Waals surface area contributed by atoms with Crippen molar-refractivity contribution in [3.63, 3.8) is 0 Å². The van der Waals surface area contributed by atoms with E-state index >= 15 is 0 Å². The number of aromatic nitrogens is 2. The molecular formula is C24H22N2OS. The van der Waals surface area contributed by atoms with Crippen molar-refractivity contribution in [1.29, 1.82) is 0 Å². The van der Waals surface area contributed by atoms with Crippen molar-refractivity contribution in [2.45, 2.75) is 24.8 Å². The van der Waals surface area contributed by atoms with E-state index in [1.807, 2.05) is 78.8 Å². The van der Waals surface area contributed by atoms with Gasteiger partial charge in [-0.1, -0.05) is 48.5 Å². The standard InChI is InChI=1S/C24H22N2OS/c1-17(16-28-20-12-14-25-15-13-20)26-18(2)23(21-10-6-7-11-22(21)26)24(27)19-8-4-3-5-9-19/h3-15,17H,16H2,1-2H3. The van der Waals surface area contributed by atoms with Gasteiger partial charge in [0, 0.05) is 51.2 Å². The molecule has 4 aromatic rings. The van der Waals surface area contributed by atoms with Gasteiger partial charge in [-0.3, -0.25) is 9.78 Å². The third-order valence-electron chi connectivity index (χ3n) is 5.00. The normalized spacial score (nSPS) is 12.2. The molecule has 0 amide bonds. The Morgan fingerprint density at radius 1 is 1.00 bits per heavy atom. The predicted octanol–water partition coefficient (Wildman–Crippen LogP) is 5.93. The van der Waals surface area contributed by atoms with Crippen LogP contribution in [0.5, 0.6) is 0 Å². The van der Waals surface area contributed by atoms with E-state index in [2.05, 4.69) is 35.5 Å². The molecule has 0 N–H and O–H groups in total. The highest BCUT2D eigenvalue weighted by molar-refractivity contribution is 7.99. The third kappa shape index (κ3) is 3.48. The molecule has 0 spiro atoms. The number of hydrogen-bond acceptors (Lipinski definition) is 3. The number of carbonyl (C=O) groups excluding carboxylic acids is 1. The number of rotatable bonds is 6. The van der Waals surface area contributed by atoms with Crippen LogP contribution in [-0.2, 0) is 0 Å². The van der Waals surface area contributed by atoms with Gasteiger partial charge in [0.05, 0.1) is 5.56 Å². The van der Waals surface area contributed by atoms with E-state index in [0.717, 1.165) is 33.5 Å². The van der Waals surface area contributed by atoms with Crippen LogP contribution >= 0.6 is 11.8 Å². The van der Waals surface area contributed by atoms with E-state index in [0.29, 0.717) is 0 Å². The number of nitrogens with zero attached hydrogens (tertiary/aromatic N) is 2. The summed E-state index contributed by atoms with van der Waals surface area (Å²) in [6.45, 7) is 4.27. The minimum absolute atomic E-state index is 0.0852. The second-order valence-electron chi connectivity index (χ2n) is 6.89. The van der Waals surface area contributed by atoms with Crippen LogP contribution in [0.3, 0.4) is 0 Å². The topological polar surface area (TPSA) is 34.9 Å². The van der Waals surface area contributed by atoms with E-state index in [4.69, 9.17) is 0 Å². The maximum absolute atomic E-state index is 13.3. The second kappa shape index (κ2) is 8.03.